The third kappa shape index (κ3) is 2.88. The predicted octanol–water partition coefficient (Wildman–Crippen LogP) is 4.38. The summed E-state index contributed by atoms with van der Waals surface area (Å²) < 4.78 is 18.7. The minimum absolute atomic E-state index is 0.295. The molecule has 0 spiro atoms. The molecule has 0 saturated carbocycles. The third-order valence-electron chi connectivity index (χ3n) is 2.38. The Hall–Kier alpha value is -1.86. The van der Waals surface area contributed by atoms with Crippen molar-refractivity contribution in [2.75, 3.05) is 0 Å². The van der Waals surface area contributed by atoms with E-state index in [1.165, 1.54) is 12.1 Å². The first-order valence-corrected chi connectivity index (χ1v) is 6.37. The predicted molar refractivity (Wildman–Crippen MR) is 70.3 cm³/mol. The zero-order valence-electron chi connectivity index (χ0n) is 9.36. The summed E-state index contributed by atoms with van der Waals surface area (Å²) in [6.45, 7) is 0. The molecule has 0 N–H and O–H groups in total. The SMILES string of the molecule is N#Cc1ccc(Oc2ccc(F)cc2CBr)cc1. The van der Waals surface area contributed by atoms with Crippen LogP contribution in [0.2, 0.25) is 0 Å². The van der Waals surface area contributed by atoms with Crippen LogP contribution in [0.5, 0.6) is 11.5 Å². The van der Waals surface area contributed by atoms with Crippen LogP contribution in [-0.2, 0) is 5.33 Å². The van der Waals surface area contributed by atoms with Gasteiger partial charge >= 0.3 is 0 Å². The molecule has 0 aliphatic heterocycles. The number of halogens is 2. The van der Waals surface area contributed by atoms with Crippen molar-refractivity contribution >= 4 is 15.9 Å². The molecule has 0 heterocycles. The van der Waals surface area contributed by atoms with Crippen LogP contribution >= 0.6 is 15.9 Å². The highest BCUT2D eigenvalue weighted by atomic mass is 79.9. The van der Waals surface area contributed by atoms with Crippen molar-refractivity contribution in [3.8, 4) is 17.6 Å². The van der Waals surface area contributed by atoms with Crippen LogP contribution in [-0.4, -0.2) is 0 Å². The highest BCUT2D eigenvalue weighted by molar-refractivity contribution is 9.08. The molecule has 2 rings (SSSR count). The smallest absolute Gasteiger partial charge is 0.131 e. The second-order valence-corrected chi connectivity index (χ2v) is 4.18. The minimum Gasteiger partial charge on any atom is -0.457 e. The number of rotatable bonds is 3. The Labute approximate surface area is 113 Å². The fourth-order valence-corrected chi connectivity index (χ4v) is 1.91. The average molecular weight is 306 g/mol. The van der Waals surface area contributed by atoms with E-state index in [4.69, 9.17) is 10.00 Å². The molecule has 0 aliphatic rings. The van der Waals surface area contributed by atoms with Gasteiger partial charge in [0.05, 0.1) is 11.6 Å². The van der Waals surface area contributed by atoms with E-state index in [2.05, 4.69) is 15.9 Å². The zero-order valence-corrected chi connectivity index (χ0v) is 10.9. The van der Waals surface area contributed by atoms with Gasteiger partial charge in [-0.3, -0.25) is 0 Å². The second-order valence-electron chi connectivity index (χ2n) is 3.62. The Balaban J connectivity index is 2.25. The Morgan fingerprint density at radius 3 is 2.50 bits per heavy atom. The molecule has 2 aromatic carbocycles. The first-order chi connectivity index (χ1) is 8.72. The second kappa shape index (κ2) is 5.65. The van der Waals surface area contributed by atoms with Crippen LogP contribution in [0.3, 0.4) is 0 Å². The van der Waals surface area contributed by atoms with E-state index in [1.807, 2.05) is 6.07 Å². The van der Waals surface area contributed by atoms with E-state index in [0.29, 0.717) is 22.4 Å². The fraction of sp³-hybridized carbons (Fsp3) is 0.0714. The van der Waals surface area contributed by atoms with Gasteiger partial charge < -0.3 is 4.74 Å². The molecule has 18 heavy (non-hydrogen) atoms. The Morgan fingerprint density at radius 2 is 1.89 bits per heavy atom. The lowest BCUT2D eigenvalue weighted by Gasteiger charge is -2.09. The summed E-state index contributed by atoms with van der Waals surface area (Å²) in [7, 11) is 0. The Kier molecular flexibility index (Phi) is 3.96. The molecule has 0 amide bonds. The van der Waals surface area contributed by atoms with Crippen molar-refractivity contribution in [2.24, 2.45) is 0 Å². The van der Waals surface area contributed by atoms with Crippen LogP contribution in [0.15, 0.2) is 42.5 Å². The molecule has 0 radical (unpaired) electrons. The van der Waals surface area contributed by atoms with Gasteiger partial charge in [0.2, 0.25) is 0 Å². The summed E-state index contributed by atoms with van der Waals surface area (Å²) >= 11 is 3.29. The molecule has 0 unspecified atom stereocenters. The molecule has 90 valence electrons. The van der Waals surface area contributed by atoms with Gasteiger partial charge in [0, 0.05) is 10.9 Å². The maximum atomic E-state index is 13.1. The molecule has 2 aromatic rings. The molecule has 4 heteroatoms. The lowest BCUT2D eigenvalue weighted by molar-refractivity contribution is 0.476. The van der Waals surface area contributed by atoms with Crippen molar-refractivity contribution < 1.29 is 9.13 Å². The van der Waals surface area contributed by atoms with Crippen LogP contribution in [0.1, 0.15) is 11.1 Å². The summed E-state index contributed by atoms with van der Waals surface area (Å²) in [5.74, 6) is 0.914. The lowest BCUT2D eigenvalue weighted by Crippen LogP contribution is -1.90. The molecule has 0 atom stereocenters. The topological polar surface area (TPSA) is 33.0 Å². The number of hydrogen-bond donors (Lipinski definition) is 0. The van der Waals surface area contributed by atoms with Gasteiger partial charge in [0.1, 0.15) is 17.3 Å². The number of hydrogen-bond acceptors (Lipinski definition) is 2. The molecule has 0 bridgehead atoms. The van der Waals surface area contributed by atoms with E-state index < -0.39 is 0 Å². The maximum Gasteiger partial charge on any atom is 0.131 e. The standard InChI is InChI=1S/C14H9BrFNO/c15-8-11-7-12(16)3-6-14(11)18-13-4-1-10(9-17)2-5-13/h1-7H,8H2. The van der Waals surface area contributed by atoms with Crippen molar-refractivity contribution in [3.63, 3.8) is 0 Å². The molecule has 0 fully saturated rings. The van der Waals surface area contributed by atoms with Gasteiger partial charge in [-0.2, -0.15) is 5.26 Å². The number of ether oxygens (including phenoxy) is 1. The number of nitriles is 1. The molecular weight excluding hydrogens is 297 g/mol. The van der Waals surface area contributed by atoms with Gasteiger partial charge in [-0.15, -0.1) is 0 Å². The molecule has 0 aliphatic carbocycles. The monoisotopic (exact) mass is 305 g/mol. The van der Waals surface area contributed by atoms with Crippen molar-refractivity contribution in [2.45, 2.75) is 5.33 Å². The largest absolute Gasteiger partial charge is 0.457 e. The van der Waals surface area contributed by atoms with Crippen LogP contribution in [0.4, 0.5) is 4.39 Å². The lowest BCUT2D eigenvalue weighted by atomic mass is 10.2. The van der Waals surface area contributed by atoms with Gasteiger partial charge in [0.25, 0.3) is 0 Å². The third-order valence-corrected chi connectivity index (χ3v) is 2.98. The van der Waals surface area contributed by atoms with Gasteiger partial charge in [-0.05, 0) is 42.5 Å². The average Bonchev–Trinajstić information content (AvgIpc) is 2.41. The molecule has 0 aromatic heterocycles. The highest BCUT2D eigenvalue weighted by Gasteiger charge is 2.05. The van der Waals surface area contributed by atoms with Crippen LogP contribution in [0, 0.1) is 17.1 Å². The summed E-state index contributed by atoms with van der Waals surface area (Å²) in [4.78, 5) is 0. The number of benzene rings is 2. The van der Waals surface area contributed by atoms with Crippen LogP contribution in [0.25, 0.3) is 0 Å². The fourth-order valence-electron chi connectivity index (χ4n) is 1.48. The molecule has 0 saturated heterocycles. The van der Waals surface area contributed by atoms with E-state index in [-0.39, 0.29) is 5.82 Å². The van der Waals surface area contributed by atoms with E-state index in [9.17, 15) is 4.39 Å². The minimum atomic E-state index is -0.295. The van der Waals surface area contributed by atoms with Gasteiger partial charge in [-0.25, -0.2) is 4.39 Å². The quantitative estimate of drug-likeness (QED) is 0.788. The van der Waals surface area contributed by atoms with Crippen molar-refractivity contribution in [3.05, 3.63) is 59.4 Å². The first-order valence-electron chi connectivity index (χ1n) is 5.25. The van der Waals surface area contributed by atoms with E-state index >= 15 is 0 Å². The molecule has 2 nitrogen and oxygen atoms in total. The van der Waals surface area contributed by atoms with Gasteiger partial charge in [-0.1, -0.05) is 15.9 Å². The summed E-state index contributed by atoms with van der Waals surface area (Å²) in [6, 6.07) is 13.2. The van der Waals surface area contributed by atoms with E-state index in [1.54, 1.807) is 30.3 Å². The first kappa shape index (κ1) is 12.6. The molecular formula is C14H9BrFNO. The van der Waals surface area contributed by atoms with Crippen molar-refractivity contribution in [1.29, 1.82) is 5.26 Å². The normalized spacial score (nSPS) is 9.83. The van der Waals surface area contributed by atoms with Crippen LogP contribution < -0.4 is 4.74 Å². The van der Waals surface area contributed by atoms with E-state index in [0.717, 1.165) is 5.56 Å². The Morgan fingerprint density at radius 1 is 1.17 bits per heavy atom. The van der Waals surface area contributed by atoms with Gasteiger partial charge in [0.15, 0.2) is 0 Å². The highest BCUT2D eigenvalue weighted by Crippen LogP contribution is 2.27. The number of nitrogens with zero attached hydrogens (tertiary/aromatic N) is 1. The van der Waals surface area contributed by atoms with Crippen molar-refractivity contribution in [1.82, 2.24) is 0 Å². The summed E-state index contributed by atoms with van der Waals surface area (Å²) in [6.07, 6.45) is 0. The Bertz CT molecular complexity index is 590. The zero-order chi connectivity index (χ0) is 13.0. The number of alkyl halides is 1. The summed E-state index contributed by atoms with van der Waals surface area (Å²) in [5, 5.41) is 9.20. The summed E-state index contributed by atoms with van der Waals surface area (Å²) in [5.41, 5.74) is 1.31. The maximum absolute atomic E-state index is 13.1.